The van der Waals surface area contributed by atoms with Crippen LogP contribution in [0.3, 0.4) is 0 Å². The summed E-state index contributed by atoms with van der Waals surface area (Å²) in [6.07, 6.45) is 0.626. The van der Waals surface area contributed by atoms with Crippen LogP contribution in [0.4, 0.5) is 0 Å². The van der Waals surface area contributed by atoms with Crippen molar-refractivity contribution in [1.82, 2.24) is 10.2 Å². The van der Waals surface area contributed by atoms with E-state index >= 15 is 0 Å². The van der Waals surface area contributed by atoms with Gasteiger partial charge in [-0.3, -0.25) is 9.59 Å². The van der Waals surface area contributed by atoms with Crippen LogP contribution in [0.15, 0.2) is 12.1 Å². The molecule has 8 heteroatoms. The molecule has 6 nitrogen and oxygen atoms in total. The van der Waals surface area contributed by atoms with E-state index in [1.807, 2.05) is 6.07 Å². The summed E-state index contributed by atoms with van der Waals surface area (Å²) in [4.78, 5) is 24.0. The lowest BCUT2D eigenvalue weighted by Gasteiger charge is -2.08. The number of carboxylic acid groups (broad SMARTS) is 1. The number of carboxylic acids is 1. The molecule has 0 aliphatic heterocycles. The van der Waals surface area contributed by atoms with Crippen molar-refractivity contribution < 1.29 is 19.4 Å². The van der Waals surface area contributed by atoms with E-state index in [-0.39, 0.29) is 6.42 Å². The third kappa shape index (κ3) is 3.23. The van der Waals surface area contributed by atoms with Crippen molar-refractivity contribution >= 4 is 45.1 Å². The minimum atomic E-state index is -1.18. The maximum Gasteiger partial charge on any atom is 0.320 e. The standard InChI is InChI=1S/C12H11ClN2O4S/c1-19-12(18)8(11(16)17)3-2-7-4-6-5-9(13)14-15-10(6)20-7/h4-5,8H,2-3H2,1H3,(H,16,17). The number of hydrogen-bond acceptors (Lipinski definition) is 6. The molecule has 0 spiro atoms. The van der Waals surface area contributed by atoms with Gasteiger partial charge < -0.3 is 9.84 Å². The first-order valence-electron chi connectivity index (χ1n) is 5.73. The Kier molecular flexibility index (Phi) is 4.51. The van der Waals surface area contributed by atoms with Gasteiger partial charge in [0.2, 0.25) is 0 Å². The van der Waals surface area contributed by atoms with Crippen molar-refractivity contribution in [2.45, 2.75) is 12.8 Å². The Labute approximate surface area is 123 Å². The molecule has 0 saturated carbocycles. The van der Waals surface area contributed by atoms with E-state index in [2.05, 4.69) is 14.9 Å². The second-order valence-corrected chi connectivity index (χ2v) is 5.60. The predicted octanol–water partition coefficient (Wildman–Crippen LogP) is 2.15. The zero-order chi connectivity index (χ0) is 14.7. The summed E-state index contributed by atoms with van der Waals surface area (Å²) in [7, 11) is 1.18. The summed E-state index contributed by atoms with van der Waals surface area (Å²) in [6.45, 7) is 0. The van der Waals surface area contributed by atoms with Crippen molar-refractivity contribution in [1.29, 1.82) is 0 Å². The summed E-state index contributed by atoms with van der Waals surface area (Å²) < 4.78 is 4.48. The molecule has 2 rings (SSSR count). The second-order valence-electron chi connectivity index (χ2n) is 4.09. The molecule has 2 aromatic rings. The number of fused-ring (bicyclic) bond motifs is 1. The number of aliphatic carboxylic acids is 1. The van der Waals surface area contributed by atoms with E-state index in [9.17, 15) is 9.59 Å². The van der Waals surface area contributed by atoms with Crippen molar-refractivity contribution in [3.05, 3.63) is 22.2 Å². The van der Waals surface area contributed by atoms with Crippen LogP contribution in [-0.2, 0) is 20.7 Å². The van der Waals surface area contributed by atoms with Crippen LogP contribution in [0.25, 0.3) is 10.2 Å². The highest BCUT2D eigenvalue weighted by Crippen LogP contribution is 2.26. The lowest BCUT2D eigenvalue weighted by Crippen LogP contribution is -2.25. The van der Waals surface area contributed by atoms with E-state index < -0.39 is 17.9 Å². The van der Waals surface area contributed by atoms with Gasteiger partial charge in [0.25, 0.3) is 0 Å². The molecule has 0 fully saturated rings. The Morgan fingerprint density at radius 3 is 2.85 bits per heavy atom. The molecule has 0 aromatic carbocycles. The molecule has 0 aliphatic rings. The summed E-state index contributed by atoms with van der Waals surface area (Å²) in [5.41, 5.74) is 0. The molecular weight excluding hydrogens is 304 g/mol. The topological polar surface area (TPSA) is 89.4 Å². The number of ether oxygens (including phenoxy) is 1. The Balaban J connectivity index is 2.11. The first-order valence-corrected chi connectivity index (χ1v) is 6.93. The van der Waals surface area contributed by atoms with Crippen molar-refractivity contribution in [3.63, 3.8) is 0 Å². The second kappa shape index (κ2) is 6.15. The average Bonchev–Trinajstić information content (AvgIpc) is 2.79. The highest BCUT2D eigenvalue weighted by molar-refractivity contribution is 7.18. The van der Waals surface area contributed by atoms with Crippen LogP contribution >= 0.6 is 22.9 Å². The number of thiophene rings is 1. The minimum absolute atomic E-state index is 0.177. The number of halogens is 1. The van der Waals surface area contributed by atoms with Gasteiger partial charge in [0.05, 0.1) is 7.11 Å². The maximum absolute atomic E-state index is 11.4. The molecule has 1 atom stereocenters. The average molecular weight is 315 g/mol. The molecule has 0 radical (unpaired) electrons. The molecule has 1 unspecified atom stereocenters. The summed E-state index contributed by atoms with van der Waals surface area (Å²) >= 11 is 7.15. The third-order valence-electron chi connectivity index (χ3n) is 2.77. The number of methoxy groups -OCH3 is 1. The number of rotatable bonds is 5. The Morgan fingerprint density at radius 1 is 1.45 bits per heavy atom. The van der Waals surface area contributed by atoms with Gasteiger partial charge in [0, 0.05) is 10.3 Å². The SMILES string of the molecule is COC(=O)C(CCc1cc2cc(Cl)nnc2s1)C(=O)O. The maximum atomic E-state index is 11.4. The van der Waals surface area contributed by atoms with E-state index in [1.54, 1.807) is 6.07 Å². The van der Waals surface area contributed by atoms with E-state index in [4.69, 9.17) is 16.7 Å². The zero-order valence-corrected chi connectivity index (χ0v) is 12.1. The lowest BCUT2D eigenvalue weighted by atomic mass is 10.0. The van der Waals surface area contributed by atoms with Crippen molar-refractivity contribution in [3.8, 4) is 0 Å². The Morgan fingerprint density at radius 2 is 2.20 bits per heavy atom. The molecule has 2 aromatic heterocycles. The molecule has 0 aliphatic carbocycles. The number of carbonyl (C=O) groups is 2. The third-order valence-corrected chi connectivity index (χ3v) is 4.04. The Bertz CT molecular complexity index is 658. The monoisotopic (exact) mass is 314 g/mol. The minimum Gasteiger partial charge on any atom is -0.481 e. The summed E-state index contributed by atoms with van der Waals surface area (Å²) in [6, 6.07) is 3.57. The number of esters is 1. The molecule has 106 valence electrons. The van der Waals surface area contributed by atoms with Crippen LogP contribution < -0.4 is 0 Å². The van der Waals surface area contributed by atoms with Crippen LogP contribution in [0, 0.1) is 5.92 Å². The van der Waals surface area contributed by atoms with E-state index in [0.717, 1.165) is 15.1 Å². The van der Waals surface area contributed by atoms with Crippen LogP contribution in [0.1, 0.15) is 11.3 Å². The highest BCUT2D eigenvalue weighted by Gasteiger charge is 2.26. The highest BCUT2D eigenvalue weighted by atomic mass is 35.5. The normalized spacial score (nSPS) is 12.3. The van der Waals surface area contributed by atoms with Crippen LogP contribution in [0.5, 0.6) is 0 Å². The van der Waals surface area contributed by atoms with Crippen molar-refractivity contribution in [2.24, 2.45) is 5.92 Å². The van der Waals surface area contributed by atoms with Crippen molar-refractivity contribution in [2.75, 3.05) is 7.11 Å². The van der Waals surface area contributed by atoms with Gasteiger partial charge in [-0.2, -0.15) is 0 Å². The first-order chi connectivity index (χ1) is 9.51. The lowest BCUT2D eigenvalue weighted by molar-refractivity contribution is -0.156. The number of aromatic nitrogens is 2. The van der Waals surface area contributed by atoms with E-state index in [1.165, 1.54) is 18.4 Å². The smallest absolute Gasteiger partial charge is 0.320 e. The van der Waals surface area contributed by atoms with Gasteiger partial charge in [-0.1, -0.05) is 11.6 Å². The molecule has 0 saturated heterocycles. The molecule has 20 heavy (non-hydrogen) atoms. The molecule has 0 amide bonds. The molecule has 1 N–H and O–H groups in total. The summed E-state index contributed by atoms with van der Waals surface area (Å²) in [5.74, 6) is -3.07. The molecular formula is C12H11ClN2O4S. The Hall–Kier alpha value is -1.73. The van der Waals surface area contributed by atoms with Crippen LogP contribution in [-0.4, -0.2) is 34.4 Å². The first kappa shape index (κ1) is 14.7. The molecule has 2 heterocycles. The van der Waals surface area contributed by atoms with Gasteiger partial charge in [-0.05, 0) is 25.0 Å². The quantitative estimate of drug-likeness (QED) is 0.672. The fourth-order valence-electron chi connectivity index (χ4n) is 1.77. The van der Waals surface area contributed by atoms with Gasteiger partial charge in [0.15, 0.2) is 11.1 Å². The molecule has 0 bridgehead atoms. The van der Waals surface area contributed by atoms with Gasteiger partial charge >= 0.3 is 11.9 Å². The number of nitrogens with zero attached hydrogens (tertiary/aromatic N) is 2. The van der Waals surface area contributed by atoms with E-state index in [0.29, 0.717) is 11.6 Å². The fourth-order valence-corrected chi connectivity index (χ4v) is 2.90. The largest absolute Gasteiger partial charge is 0.481 e. The van der Waals surface area contributed by atoms with Gasteiger partial charge in [-0.15, -0.1) is 21.5 Å². The fraction of sp³-hybridized carbons (Fsp3) is 0.333. The predicted molar refractivity (Wildman–Crippen MR) is 73.9 cm³/mol. The van der Waals surface area contributed by atoms with Crippen LogP contribution in [0.2, 0.25) is 5.15 Å². The van der Waals surface area contributed by atoms with Gasteiger partial charge in [-0.25, -0.2) is 0 Å². The zero-order valence-electron chi connectivity index (χ0n) is 10.5. The number of carbonyl (C=O) groups excluding carboxylic acids is 1. The van der Waals surface area contributed by atoms with Gasteiger partial charge in [0.1, 0.15) is 4.83 Å². The summed E-state index contributed by atoms with van der Waals surface area (Å²) in [5, 5.41) is 17.8. The number of hydrogen-bond donors (Lipinski definition) is 1. The number of aryl methyl sites for hydroxylation is 1.